The summed E-state index contributed by atoms with van der Waals surface area (Å²) in [4.78, 5) is 20.9. The number of aliphatic hydroxyl groups is 1. The van der Waals surface area contributed by atoms with Crippen molar-refractivity contribution in [2.75, 3.05) is 5.32 Å². The maximum atomic E-state index is 14.1. The number of nitrogens with zero attached hydrogens (tertiary/aromatic N) is 3. The lowest BCUT2D eigenvalue weighted by Gasteiger charge is -2.29. The number of halogens is 1. The first-order valence-electron chi connectivity index (χ1n) is 9.97. The Labute approximate surface area is 174 Å². The van der Waals surface area contributed by atoms with Gasteiger partial charge in [0.1, 0.15) is 5.82 Å². The number of nitrogens with one attached hydrogen (secondary N) is 1. The molecular weight excluding hydrogens is 383 g/mol. The molecule has 1 heterocycles. The fourth-order valence-electron chi connectivity index (χ4n) is 3.93. The van der Waals surface area contributed by atoms with E-state index >= 15 is 0 Å². The van der Waals surface area contributed by atoms with Gasteiger partial charge in [-0.1, -0.05) is 18.2 Å². The van der Waals surface area contributed by atoms with Crippen molar-refractivity contribution in [3.63, 3.8) is 0 Å². The van der Waals surface area contributed by atoms with Crippen LogP contribution in [0.15, 0.2) is 36.4 Å². The molecule has 0 radical (unpaired) electrons. The molecule has 4 rings (SSSR count). The SMILES string of the molecule is [C-]#[N+]c1cc2c(cc1C)nc(NC(=O)C[C@](C)(O)c1ccccc1F)n2C1CCC1. The van der Waals surface area contributed by atoms with Crippen LogP contribution >= 0.6 is 0 Å². The number of aryl methyl sites for hydroxylation is 1. The lowest BCUT2D eigenvalue weighted by Crippen LogP contribution is -2.30. The predicted molar refractivity (Wildman–Crippen MR) is 113 cm³/mol. The van der Waals surface area contributed by atoms with Crippen molar-refractivity contribution in [1.82, 2.24) is 9.55 Å². The van der Waals surface area contributed by atoms with Gasteiger partial charge < -0.3 is 9.67 Å². The monoisotopic (exact) mass is 406 g/mol. The van der Waals surface area contributed by atoms with Gasteiger partial charge >= 0.3 is 0 Å². The Bertz CT molecular complexity index is 1170. The average Bonchev–Trinajstić information content (AvgIpc) is 2.95. The third-order valence-electron chi connectivity index (χ3n) is 5.78. The molecule has 7 heteroatoms. The molecule has 6 nitrogen and oxygen atoms in total. The zero-order valence-corrected chi connectivity index (χ0v) is 16.9. The fourth-order valence-corrected chi connectivity index (χ4v) is 3.93. The third kappa shape index (κ3) is 3.55. The maximum Gasteiger partial charge on any atom is 0.229 e. The summed E-state index contributed by atoms with van der Waals surface area (Å²) in [6.07, 6.45) is 2.74. The number of aromatic nitrogens is 2. The first kappa shape index (κ1) is 20.0. The molecule has 0 aliphatic heterocycles. The Balaban J connectivity index is 1.65. The van der Waals surface area contributed by atoms with E-state index in [0.717, 1.165) is 30.3 Å². The molecule has 30 heavy (non-hydrogen) atoms. The molecule has 1 fully saturated rings. The molecule has 0 saturated heterocycles. The quantitative estimate of drug-likeness (QED) is 0.586. The number of hydrogen-bond donors (Lipinski definition) is 2. The standard InChI is InChI=1S/C23H23FN4O2/c1-14-11-19-20(12-18(14)25-3)28(15-7-6-8-15)22(26-19)27-21(29)13-23(2,30)16-9-4-5-10-17(16)24/h4-5,9-12,15,30H,6-8,13H2,1-2H3,(H,26,27,29)/t23-/m0/s1. The number of anilines is 1. The molecule has 2 N–H and O–H groups in total. The molecule has 3 aromatic rings. The minimum atomic E-state index is -1.66. The second-order valence-electron chi connectivity index (χ2n) is 8.11. The van der Waals surface area contributed by atoms with Crippen LogP contribution in [0.3, 0.4) is 0 Å². The minimum Gasteiger partial charge on any atom is -0.385 e. The van der Waals surface area contributed by atoms with Crippen molar-refractivity contribution in [3.8, 4) is 0 Å². The van der Waals surface area contributed by atoms with Gasteiger partial charge in [0.05, 0.1) is 29.6 Å². The van der Waals surface area contributed by atoms with E-state index in [9.17, 15) is 14.3 Å². The summed E-state index contributed by atoms with van der Waals surface area (Å²) in [5.41, 5.74) is 1.33. The molecule has 1 aromatic heterocycles. The van der Waals surface area contributed by atoms with Gasteiger partial charge in [0.15, 0.2) is 5.69 Å². The summed E-state index contributed by atoms with van der Waals surface area (Å²) in [5, 5.41) is 13.5. The predicted octanol–water partition coefficient (Wildman–Crippen LogP) is 5.00. The van der Waals surface area contributed by atoms with E-state index in [4.69, 9.17) is 6.57 Å². The normalized spacial score (nSPS) is 16.0. The van der Waals surface area contributed by atoms with Gasteiger partial charge in [-0.2, -0.15) is 0 Å². The van der Waals surface area contributed by atoms with E-state index in [2.05, 4.69) is 15.1 Å². The van der Waals surface area contributed by atoms with Crippen LogP contribution in [0.25, 0.3) is 15.9 Å². The highest BCUT2D eigenvalue weighted by atomic mass is 19.1. The van der Waals surface area contributed by atoms with Crippen molar-refractivity contribution in [1.29, 1.82) is 0 Å². The smallest absolute Gasteiger partial charge is 0.229 e. The molecular formula is C23H23FN4O2. The summed E-state index contributed by atoms with van der Waals surface area (Å²) < 4.78 is 16.1. The first-order valence-corrected chi connectivity index (χ1v) is 9.97. The topological polar surface area (TPSA) is 71.5 Å². The number of carbonyl (C=O) groups excluding carboxylic acids is 1. The van der Waals surface area contributed by atoms with E-state index in [1.54, 1.807) is 6.07 Å². The number of fused-ring (bicyclic) bond motifs is 1. The lowest BCUT2D eigenvalue weighted by molar-refractivity contribution is -0.120. The van der Waals surface area contributed by atoms with Crippen LogP contribution in [0.5, 0.6) is 0 Å². The summed E-state index contributed by atoms with van der Waals surface area (Å²) in [6, 6.07) is 9.76. The van der Waals surface area contributed by atoms with Gasteiger partial charge in [-0.05, 0) is 56.9 Å². The van der Waals surface area contributed by atoms with Crippen molar-refractivity contribution in [3.05, 3.63) is 64.8 Å². The number of benzene rings is 2. The molecule has 2 aromatic carbocycles. The van der Waals surface area contributed by atoms with Crippen molar-refractivity contribution < 1.29 is 14.3 Å². The van der Waals surface area contributed by atoms with E-state index < -0.39 is 17.3 Å². The molecule has 1 aliphatic carbocycles. The van der Waals surface area contributed by atoms with Crippen LogP contribution in [-0.4, -0.2) is 20.6 Å². The molecule has 0 unspecified atom stereocenters. The van der Waals surface area contributed by atoms with Gasteiger partial charge in [0.25, 0.3) is 0 Å². The van der Waals surface area contributed by atoms with Crippen molar-refractivity contribution in [2.24, 2.45) is 0 Å². The number of imidazole rings is 1. The number of amides is 1. The highest BCUT2D eigenvalue weighted by Crippen LogP contribution is 2.39. The van der Waals surface area contributed by atoms with Gasteiger partial charge in [-0.3, -0.25) is 10.1 Å². The zero-order valence-electron chi connectivity index (χ0n) is 16.9. The summed E-state index contributed by atoms with van der Waals surface area (Å²) in [7, 11) is 0. The van der Waals surface area contributed by atoms with Gasteiger partial charge in [-0.25, -0.2) is 14.2 Å². The number of rotatable bonds is 5. The minimum absolute atomic E-state index is 0.0740. The van der Waals surface area contributed by atoms with E-state index in [1.165, 1.54) is 25.1 Å². The zero-order chi connectivity index (χ0) is 21.5. The van der Waals surface area contributed by atoms with E-state index in [0.29, 0.717) is 17.2 Å². The summed E-state index contributed by atoms with van der Waals surface area (Å²) >= 11 is 0. The Morgan fingerprint density at radius 1 is 1.40 bits per heavy atom. The van der Waals surface area contributed by atoms with Crippen LogP contribution in [0.1, 0.15) is 49.8 Å². The third-order valence-corrected chi connectivity index (χ3v) is 5.78. The maximum absolute atomic E-state index is 14.1. The second kappa shape index (κ2) is 7.54. The largest absolute Gasteiger partial charge is 0.385 e. The fraction of sp³-hybridized carbons (Fsp3) is 0.348. The van der Waals surface area contributed by atoms with Crippen LogP contribution in [-0.2, 0) is 10.4 Å². The summed E-state index contributed by atoms with van der Waals surface area (Å²) in [5.74, 6) is -0.619. The molecule has 1 amide bonds. The van der Waals surface area contributed by atoms with Gasteiger partial charge in [0.2, 0.25) is 11.9 Å². The second-order valence-corrected chi connectivity index (χ2v) is 8.11. The Kier molecular flexibility index (Phi) is 5.04. The Morgan fingerprint density at radius 2 is 2.13 bits per heavy atom. The van der Waals surface area contributed by atoms with Crippen LogP contribution in [0.2, 0.25) is 0 Å². The van der Waals surface area contributed by atoms with Crippen LogP contribution in [0, 0.1) is 19.3 Å². The van der Waals surface area contributed by atoms with E-state index in [1.807, 2.05) is 23.6 Å². The first-order chi connectivity index (χ1) is 14.3. The highest BCUT2D eigenvalue weighted by Gasteiger charge is 2.31. The molecule has 1 atom stereocenters. The van der Waals surface area contributed by atoms with Crippen LogP contribution in [0.4, 0.5) is 16.0 Å². The van der Waals surface area contributed by atoms with E-state index in [-0.39, 0.29) is 18.0 Å². The van der Waals surface area contributed by atoms with Gasteiger partial charge in [-0.15, -0.1) is 0 Å². The number of hydrogen-bond acceptors (Lipinski definition) is 3. The Morgan fingerprint density at radius 3 is 2.77 bits per heavy atom. The molecule has 1 saturated carbocycles. The lowest BCUT2D eigenvalue weighted by atomic mass is 9.91. The average molecular weight is 406 g/mol. The Hall–Kier alpha value is -3.24. The van der Waals surface area contributed by atoms with Gasteiger partial charge in [0, 0.05) is 11.6 Å². The molecule has 0 spiro atoms. The highest BCUT2D eigenvalue weighted by molar-refractivity contribution is 5.93. The molecule has 154 valence electrons. The molecule has 0 bridgehead atoms. The molecule has 1 aliphatic rings. The van der Waals surface area contributed by atoms with Crippen LogP contribution < -0.4 is 5.32 Å². The number of carbonyl (C=O) groups is 1. The summed E-state index contributed by atoms with van der Waals surface area (Å²) in [6.45, 7) is 10.7. The van der Waals surface area contributed by atoms with Crippen molar-refractivity contribution in [2.45, 2.75) is 51.2 Å². The van der Waals surface area contributed by atoms with Crippen molar-refractivity contribution >= 4 is 28.6 Å².